The molecule has 7 nitrogen and oxygen atoms in total. The molecule has 0 aliphatic carbocycles. The van der Waals surface area contributed by atoms with Crippen molar-refractivity contribution in [2.75, 3.05) is 24.6 Å². The Hall–Kier alpha value is -1.16. The van der Waals surface area contributed by atoms with Crippen LogP contribution in [-0.4, -0.2) is 57.7 Å². The lowest BCUT2D eigenvalue weighted by atomic mass is 9.98. The van der Waals surface area contributed by atoms with Crippen molar-refractivity contribution >= 4 is 37.4 Å². The zero-order chi connectivity index (χ0) is 18.9. The first kappa shape index (κ1) is 19.6. The number of halogens is 1. The van der Waals surface area contributed by atoms with Gasteiger partial charge in [0.2, 0.25) is 15.9 Å². The normalized spacial score (nSPS) is 26.5. The largest absolute Gasteiger partial charge is 0.352 e. The van der Waals surface area contributed by atoms with Gasteiger partial charge in [-0.25, -0.2) is 16.8 Å². The first-order valence-electron chi connectivity index (χ1n) is 8.44. The molecule has 0 spiro atoms. The average Bonchev–Trinajstić information content (AvgIpc) is 2.94. The predicted molar refractivity (Wildman–Crippen MR) is 98.1 cm³/mol. The van der Waals surface area contributed by atoms with E-state index in [1.807, 2.05) is 0 Å². The van der Waals surface area contributed by atoms with Crippen LogP contribution >= 0.6 is 11.6 Å². The molecule has 2 fully saturated rings. The van der Waals surface area contributed by atoms with Crippen LogP contribution in [0.4, 0.5) is 0 Å². The van der Waals surface area contributed by atoms with E-state index in [-0.39, 0.29) is 34.9 Å². The maximum Gasteiger partial charge on any atom is 0.243 e. The van der Waals surface area contributed by atoms with Gasteiger partial charge in [0.05, 0.1) is 22.3 Å². The minimum absolute atomic E-state index is 0.0434. The summed E-state index contributed by atoms with van der Waals surface area (Å²) in [6.07, 6.45) is 1.57. The lowest BCUT2D eigenvalue weighted by molar-refractivity contribution is -0.126. The SMILES string of the molecule is O=C(N[C@H]1CCS(=O)(=O)C1)[C@H]1CCCN(S(=O)(=O)c2ccc(Cl)cc2)C1. The number of hydrogen-bond donors (Lipinski definition) is 1. The van der Waals surface area contributed by atoms with Crippen molar-refractivity contribution in [2.24, 2.45) is 5.92 Å². The van der Waals surface area contributed by atoms with Gasteiger partial charge in [-0.1, -0.05) is 11.6 Å². The predicted octanol–water partition coefficient (Wildman–Crippen LogP) is 1.04. The Morgan fingerprint density at radius 3 is 2.50 bits per heavy atom. The fraction of sp³-hybridized carbons (Fsp3) is 0.562. The highest BCUT2D eigenvalue weighted by atomic mass is 35.5. The number of nitrogens with one attached hydrogen (secondary N) is 1. The molecular formula is C16H21ClN2O5S2. The van der Waals surface area contributed by atoms with Gasteiger partial charge in [0.1, 0.15) is 0 Å². The zero-order valence-corrected chi connectivity index (χ0v) is 16.5. The number of carbonyl (C=O) groups excluding carboxylic acids is 1. The topological polar surface area (TPSA) is 101 Å². The fourth-order valence-corrected chi connectivity index (χ4v) is 6.68. The standard InChI is InChI=1S/C16H21ClN2O5S2/c17-13-3-5-15(6-4-13)26(23,24)19-8-1-2-12(10-19)16(20)18-14-7-9-25(21,22)11-14/h3-6,12,14H,1-2,7-11H2,(H,18,20)/t12-,14-/m0/s1. The lowest BCUT2D eigenvalue weighted by Gasteiger charge is -2.31. The van der Waals surface area contributed by atoms with Gasteiger partial charge >= 0.3 is 0 Å². The molecule has 0 saturated carbocycles. The van der Waals surface area contributed by atoms with Crippen molar-refractivity contribution < 1.29 is 21.6 Å². The Labute approximate surface area is 158 Å². The quantitative estimate of drug-likeness (QED) is 0.784. The molecule has 1 aromatic carbocycles. The summed E-state index contributed by atoms with van der Waals surface area (Å²) in [5, 5.41) is 3.22. The minimum atomic E-state index is -3.69. The first-order valence-corrected chi connectivity index (χ1v) is 12.1. The van der Waals surface area contributed by atoms with Crippen molar-refractivity contribution in [1.82, 2.24) is 9.62 Å². The monoisotopic (exact) mass is 420 g/mol. The summed E-state index contributed by atoms with van der Waals surface area (Å²) < 4.78 is 49.9. The van der Waals surface area contributed by atoms with E-state index >= 15 is 0 Å². The molecule has 1 N–H and O–H groups in total. The molecule has 144 valence electrons. The highest BCUT2D eigenvalue weighted by Gasteiger charge is 2.35. The number of hydrogen-bond acceptors (Lipinski definition) is 5. The van der Waals surface area contributed by atoms with Gasteiger partial charge in [-0.15, -0.1) is 0 Å². The molecule has 0 aromatic heterocycles. The molecule has 2 heterocycles. The number of sulfone groups is 1. The molecule has 1 amide bonds. The lowest BCUT2D eigenvalue weighted by Crippen LogP contribution is -2.47. The Balaban J connectivity index is 1.67. The maximum atomic E-state index is 12.8. The molecule has 1 aromatic rings. The van der Waals surface area contributed by atoms with Gasteiger partial charge in [0.25, 0.3) is 0 Å². The van der Waals surface area contributed by atoms with E-state index in [1.54, 1.807) is 0 Å². The van der Waals surface area contributed by atoms with Gasteiger partial charge in [-0.2, -0.15) is 4.31 Å². The van der Waals surface area contributed by atoms with Crippen molar-refractivity contribution in [3.8, 4) is 0 Å². The molecule has 2 atom stereocenters. The van der Waals surface area contributed by atoms with E-state index in [9.17, 15) is 21.6 Å². The Morgan fingerprint density at radius 2 is 1.88 bits per heavy atom. The highest BCUT2D eigenvalue weighted by molar-refractivity contribution is 7.91. The van der Waals surface area contributed by atoms with Gasteiger partial charge < -0.3 is 5.32 Å². The summed E-state index contributed by atoms with van der Waals surface area (Å²) in [6, 6.07) is 5.55. The molecule has 10 heteroatoms. The Morgan fingerprint density at radius 1 is 1.19 bits per heavy atom. The van der Waals surface area contributed by atoms with Crippen LogP contribution in [0.25, 0.3) is 0 Å². The molecule has 0 unspecified atom stereocenters. The minimum Gasteiger partial charge on any atom is -0.352 e. The first-order chi connectivity index (χ1) is 12.2. The van der Waals surface area contributed by atoms with Gasteiger partial charge in [-0.3, -0.25) is 4.79 Å². The number of sulfonamides is 1. The molecule has 26 heavy (non-hydrogen) atoms. The van der Waals surface area contributed by atoms with Crippen molar-refractivity contribution in [1.29, 1.82) is 0 Å². The molecule has 2 saturated heterocycles. The maximum absolute atomic E-state index is 12.8. The summed E-state index contributed by atoms with van der Waals surface area (Å²) in [5.41, 5.74) is 0. The Kier molecular flexibility index (Phi) is 5.62. The summed E-state index contributed by atoms with van der Waals surface area (Å²) in [6.45, 7) is 0.447. The van der Waals surface area contributed by atoms with Crippen LogP contribution in [-0.2, 0) is 24.7 Å². The van der Waals surface area contributed by atoms with Crippen LogP contribution in [0.3, 0.4) is 0 Å². The van der Waals surface area contributed by atoms with Crippen LogP contribution in [0.5, 0.6) is 0 Å². The molecule has 2 aliphatic heterocycles. The van der Waals surface area contributed by atoms with E-state index in [0.717, 1.165) is 0 Å². The number of piperidine rings is 1. The summed E-state index contributed by atoms with van der Waals surface area (Å²) in [5.74, 6) is -0.713. The Bertz CT molecular complexity index is 884. The molecular weight excluding hydrogens is 400 g/mol. The third-order valence-corrected chi connectivity index (χ3v) is 8.68. The van der Waals surface area contributed by atoms with E-state index in [0.29, 0.717) is 30.8 Å². The summed E-state index contributed by atoms with van der Waals surface area (Å²) in [4.78, 5) is 12.6. The fourth-order valence-electron chi connectivity index (χ4n) is 3.36. The smallest absolute Gasteiger partial charge is 0.243 e. The second kappa shape index (κ2) is 7.46. The van der Waals surface area contributed by atoms with E-state index in [1.165, 1.54) is 28.6 Å². The molecule has 0 radical (unpaired) electrons. The van der Waals surface area contributed by atoms with Gasteiger partial charge in [-0.05, 0) is 43.5 Å². The van der Waals surface area contributed by atoms with Crippen molar-refractivity contribution in [3.05, 3.63) is 29.3 Å². The van der Waals surface area contributed by atoms with E-state index in [2.05, 4.69) is 5.32 Å². The van der Waals surface area contributed by atoms with E-state index < -0.39 is 25.8 Å². The van der Waals surface area contributed by atoms with Crippen molar-refractivity contribution in [3.63, 3.8) is 0 Å². The number of nitrogens with zero attached hydrogens (tertiary/aromatic N) is 1. The zero-order valence-electron chi connectivity index (χ0n) is 14.1. The highest BCUT2D eigenvalue weighted by Crippen LogP contribution is 2.25. The number of rotatable bonds is 4. The van der Waals surface area contributed by atoms with E-state index in [4.69, 9.17) is 11.6 Å². The van der Waals surface area contributed by atoms with Crippen molar-refractivity contribution in [2.45, 2.75) is 30.2 Å². The second-order valence-corrected chi connectivity index (χ2v) is 11.4. The van der Waals surface area contributed by atoms with Crippen LogP contribution in [0.1, 0.15) is 19.3 Å². The van der Waals surface area contributed by atoms with Crippen LogP contribution in [0, 0.1) is 5.92 Å². The molecule has 0 bridgehead atoms. The van der Waals surface area contributed by atoms with Crippen LogP contribution in [0.15, 0.2) is 29.2 Å². The van der Waals surface area contributed by atoms with Gasteiger partial charge in [0, 0.05) is 24.2 Å². The van der Waals surface area contributed by atoms with Crippen LogP contribution in [0.2, 0.25) is 5.02 Å². The summed E-state index contributed by atoms with van der Waals surface area (Å²) >= 11 is 5.81. The molecule has 3 rings (SSSR count). The third-order valence-electron chi connectivity index (χ3n) is 4.79. The average molecular weight is 421 g/mol. The number of benzene rings is 1. The summed E-state index contributed by atoms with van der Waals surface area (Å²) in [7, 11) is -6.77. The van der Waals surface area contributed by atoms with Crippen LogP contribution < -0.4 is 5.32 Å². The number of amides is 1. The second-order valence-electron chi connectivity index (χ2n) is 6.76. The molecule has 2 aliphatic rings. The number of carbonyl (C=O) groups is 1. The third kappa shape index (κ3) is 4.39. The van der Waals surface area contributed by atoms with Gasteiger partial charge in [0.15, 0.2) is 9.84 Å².